The highest BCUT2D eigenvalue weighted by Gasteiger charge is 2.14. The maximum atomic E-state index is 4.99. The summed E-state index contributed by atoms with van der Waals surface area (Å²) in [4.78, 5) is 0. The van der Waals surface area contributed by atoms with Crippen LogP contribution in [0.1, 0.15) is 22.3 Å². The molecule has 0 N–H and O–H groups in total. The van der Waals surface area contributed by atoms with E-state index in [1.165, 1.54) is 27.8 Å². The van der Waals surface area contributed by atoms with Gasteiger partial charge in [0, 0.05) is 11.1 Å². The fourth-order valence-electron chi connectivity index (χ4n) is 3.73. The molecule has 0 amide bonds. The van der Waals surface area contributed by atoms with Crippen LogP contribution in [-0.4, -0.2) is 9.78 Å². The zero-order valence-electron chi connectivity index (χ0n) is 16.3. The second-order valence-electron chi connectivity index (χ2n) is 7.41. The van der Waals surface area contributed by atoms with E-state index in [2.05, 4.69) is 99.1 Å². The van der Waals surface area contributed by atoms with E-state index in [1.54, 1.807) is 0 Å². The first-order chi connectivity index (χ1) is 13.0. The molecule has 0 aliphatic heterocycles. The molecule has 0 aliphatic rings. The van der Waals surface area contributed by atoms with Crippen LogP contribution >= 0.6 is 0 Å². The molecule has 0 radical (unpaired) electrons. The SMILES string of the molecule is Cc1cc(C)cc(-c2cc(-c3ccccc3)nn2-c2cc(C)cc(C)c2)c1. The molecule has 27 heavy (non-hydrogen) atoms. The van der Waals surface area contributed by atoms with Gasteiger partial charge in [-0.3, -0.25) is 0 Å². The van der Waals surface area contributed by atoms with Crippen molar-refractivity contribution >= 4 is 0 Å². The van der Waals surface area contributed by atoms with Crippen molar-refractivity contribution in [2.24, 2.45) is 0 Å². The first-order valence-corrected chi connectivity index (χ1v) is 9.32. The maximum Gasteiger partial charge on any atom is 0.0934 e. The normalized spacial score (nSPS) is 11.0. The predicted octanol–water partition coefficient (Wildman–Crippen LogP) is 6.44. The lowest BCUT2D eigenvalue weighted by atomic mass is 10.0. The topological polar surface area (TPSA) is 17.8 Å². The van der Waals surface area contributed by atoms with E-state index >= 15 is 0 Å². The predicted molar refractivity (Wildman–Crippen MR) is 113 cm³/mol. The van der Waals surface area contributed by atoms with Crippen LogP contribution in [0.2, 0.25) is 0 Å². The van der Waals surface area contributed by atoms with Crippen LogP contribution in [0.4, 0.5) is 0 Å². The molecule has 1 heterocycles. The third kappa shape index (κ3) is 3.56. The fraction of sp³-hybridized carbons (Fsp3) is 0.160. The van der Waals surface area contributed by atoms with E-state index in [4.69, 9.17) is 5.10 Å². The van der Waals surface area contributed by atoms with E-state index in [1.807, 2.05) is 6.07 Å². The highest BCUT2D eigenvalue weighted by Crippen LogP contribution is 2.30. The number of benzene rings is 3. The number of nitrogens with zero attached hydrogens (tertiary/aromatic N) is 2. The van der Waals surface area contributed by atoms with Crippen molar-refractivity contribution in [2.75, 3.05) is 0 Å². The zero-order valence-corrected chi connectivity index (χ0v) is 16.3. The summed E-state index contributed by atoms with van der Waals surface area (Å²) in [6.45, 7) is 8.56. The van der Waals surface area contributed by atoms with Gasteiger partial charge in [-0.15, -0.1) is 0 Å². The van der Waals surface area contributed by atoms with Crippen LogP contribution < -0.4 is 0 Å². The largest absolute Gasteiger partial charge is 0.232 e. The van der Waals surface area contributed by atoms with E-state index in [0.29, 0.717) is 0 Å². The molecule has 4 aromatic rings. The fourth-order valence-corrected chi connectivity index (χ4v) is 3.73. The minimum absolute atomic E-state index is 0.990. The molecule has 0 atom stereocenters. The lowest BCUT2D eigenvalue weighted by Gasteiger charge is -2.11. The summed E-state index contributed by atoms with van der Waals surface area (Å²) in [7, 11) is 0. The van der Waals surface area contributed by atoms with E-state index in [-0.39, 0.29) is 0 Å². The van der Waals surface area contributed by atoms with Crippen molar-refractivity contribution in [3.05, 3.63) is 95.1 Å². The van der Waals surface area contributed by atoms with Gasteiger partial charge in [0.2, 0.25) is 0 Å². The van der Waals surface area contributed by atoms with Crippen molar-refractivity contribution < 1.29 is 0 Å². The van der Waals surface area contributed by atoms with Gasteiger partial charge >= 0.3 is 0 Å². The van der Waals surface area contributed by atoms with Crippen molar-refractivity contribution in [1.82, 2.24) is 9.78 Å². The third-order valence-electron chi connectivity index (χ3n) is 4.75. The number of aryl methyl sites for hydroxylation is 4. The highest BCUT2D eigenvalue weighted by molar-refractivity contribution is 5.71. The zero-order chi connectivity index (χ0) is 19.0. The Hall–Kier alpha value is -3.13. The van der Waals surface area contributed by atoms with Crippen molar-refractivity contribution in [1.29, 1.82) is 0 Å². The Balaban J connectivity index is 1.96. The molecular formula is C25H24N2. The molecule has 0 fully saturated rings. The molecule has 2 nitrogen and oxygen atoms in total. The lowest BCUT2D eigenvalue weighted by Crippen LogP contribution is -2.01. The monoisotopic (exact) mass is 352 g/mol. The number of hydrogen-bond acceptors (Lipinski definition) is 1. The smallest absolute Gasteiger partial charge is 0.0934 e. The average Bonchev–Trinajstić information content (AvgIpc) is 3.06. The molecule has 4 rings (SSSR count). The van der Waals surface area contributed by atoms with Crippen LogP contribution in [0.15, 0.2) is 72.8 Å². The first-order valence-electron chi connectivity index (χ1n) is 9.32. The standard InChI is InChI=1S/C25H24N2/c1-17-10-18(2)13-22(12-17)25-16-24(21-8-6-5-7-9-21)26-27(25)23-14-19(3)11-20(4)15-23/h5-16H,1-4H3. The maximum absolute atomic E-state index is 4.99. The Morgan fingerprint density at radius 3 is 1.74 bits per heavy atom. The minimum atomic E-state index is 0.990. The van der Waals surface area contributed by atoms with Crippen LogP contribution in [-0.2, 0) is 0 Å². The third-order valence-corrected chi connectivity index (χ3v) is 4.75. The van der Waals surface area contributed by atoms with Crippen LogP contribution in [0.25, 0.3) is 28.2 Å². The number of rotatable bonds is 3. The number of hydrogen-bond donors (Lipinski definition) is 0. The van der Waals surface area contributed by atoms with Gasteiger partial charge in [-0.05, 0) is 69.2 Å². The van der Waals surface area contributed by atoms with Gasteiger partial charge in [-0.2, -0.15) is 5.10 Å². The average molecular weight is 352 g/mol. The van der Waals surface area contributed by atoms with Crippen LogP contribution in [0.5, 0.6) is 0 Å². The Morgan fingerprint density at radius 2 is 1.15 bits per heavy atom. The van der Waals surface area contributed by atoms with Gasteiger partial charge in [0.25, 0.3) is 0 Å². The molecule has 1 aromatic heterocycles. The molecule has 0 spiro atoms. The molecule has 0 aliphatic carbocycles. The molecule has 0 saturated carbocycles. The van der Waals surface area contributed by atoms with Crippen LogP contribution in [0.3, 0.4) is 0 Å². The van der Waals surface area contributed by atoms with Crippen molar-refractivity contribution in [3.8, 4) is 28.2 Å². The molecule has 2 heteroatoms. The molecule has 3 aromatic carbocycles. The summed E-state index contributed by atoms with van der Waals surface area (Å²) in [5.74, 6) is 0. The van der Waals surface area contributed by atoms with Gasteiger partial charge in [-0.1, -0.05) is 53.6 Å². The number of aromatic nitrogens is 2. The minimum Gasteiger partial charge on any atom is -0.232 e. The summed E-state index contributed by atoms with van der Waals surface area (Å²) < 4.78 is 2.08. The molecule has 0 bridgehead atoms. The van der Waals surface area contributed by atoms with E-state index < -0.39 is 0 Å². The van der Waals surface area contributed by atoms with Gasteiger partial charge < -0.3 is 0 Å². The second kappa shape index (κ2) is 6.88. The summed E-state index contributed by atoms with van der Waals surface area (Å²) in [6.07, 6.45) is 0. The van der Waals surface area contributed by atoms with E-state index in [9.17, 15) is 0 Å². The van der Waals surface area contributed by atoms with Crippen molar-refractivity contribution in [2.45, 2.75) is 27.7 Å². The highest BCUT2D eigenvalue weighted by atomic mass is 15.3. The van der Waals surface area contributed by atoms with Gasteiger partial charge in [0.15, 0.2) is 0 Å². The summed E-state index contributed by atoms with van der Waals surface area (Å²) >= 11 is 0. The Kier molecular flexibility index (Phi) is 4.41. The molecule has 134 valence electrons. The summed E-state index contributed by atoms with van der Waals surface area (Å²) in [5.41, 5.74) is 10.5. The van der Waals surface area contributed by atoms with Gasteiger partial charge in [0.05, 0.1) is 17.1 Å². The molecule has 0 saturated heterocycles. The Labute approximate surface area is 161 Å². The molecule has 0 unspecified atom stereocenters. The lowest BCUT2D eigenvalue weighted by molar-refractivity contribution is 0.888. The Bertz CT molecular complexity index is 995. The van der Waals surface area contributed by atoms with Crippen LogP contribution in [0, 0.1) is 27.7 Å². The Morgan fingerprint density at radius 1 is 0.593 bits per heavy atom. The molecular weight excluding hydrogens is 328 g/mol. The quantitative estimate of drug-likeness (QED) is 0.415. The summed E-state index contributed by atoms with van der Waals surface area (Å²) in [5, 5.41) is 4.99. The van der Waals surface area contributed by atoms with Gasteiger partial charge in [-0.25, -0.2) is 4.68 Å². The first kappa shape index (κ1) is 17.3. The van der Waals surface area contributed by atoms with Gasteiger partial charge in [0.1, 0.15) is 0 Å². The van der Waals surface area contributed by atoms with E-state index in [0.717, 1.165) is 22.6 Å². The second-order valence-corrected chi connectivity index (χ2v) is 7.41. The van der Waals surface area contributed by atoms with Crippen molar-refractivity contribution in [3.63, 3.8) is 0 Å². The summed E-state index contributed by atoms with van der Waals surface area (Å²) in [6, 6.07) is 25.8.